The lowest BCUT2D eigenvalue weighted by molar-refractivity contribution is 0.0800. The molecule has 0 bridgehead atoms. The molecule has 0 saturated carbocycles. The fourth-order valence-electron chi connectivity index (χ4n) is 2.65. The normalized spacial score (nSPS) is 10.4. The molecule has 1 amide bonds. The minimum Gasteiger partial charge on any atom is -0.341 e. The number of pyridine rings is 1. The van der Waals surface area contributed by atoms with E-state index >= 15 is 0 Å². The average molecular weight is 350 g/mol. The van der Waals surface area contributed by atoms with Gasteiger partial charge in [-0.2, -0.15) is 5.26 Å². The summed E-state index contributed by atoms with van der Waals surface area (Å²) in [5.41, 5.74) is 2.94. The Labute approximate surface area is 151 Å². The molecule has 0 aliphatic heterocycles. The molecule has 25 heavy (non-hydrogen) atoms. The lowest BCUT2D eigenvalue weighted by Gasteiger charge is -2.17. The van der Waals surface area contributed by atoms with Gasteiger partial charge in [0.15, 0.2) is 0 Å². The molecule has 3 rings (SSSR count). The third kappa shape index (κ3) is 3.62. The topological polar surface area (TPSA) is 57.0 Å². The maximum Gasteiger partial charge on any atom is 0.254 e. The number of carbonyl (C=O) groups excluding carboxylic acids is 1. The second kappa shape index (κ2) is 7.33. The van der Waals surface area contributed by atoms with E-state index in [4.69, 9.17) is 16.9 Å². The van der Waals surface area contributed by atoms with E-state index in [1.165, 1.54) is 0 Å². The molecule has 0 aliphatic carbocycles. The number of hydrogen-bond donors (Lipinski definition) is 0. The Bertz CT molecular complexity index is 961. The summed E-state index contributed by atoms with van der Waals surface area (Å²) in [4.78, 5) is 19.1. The van der Waals surface area contributed by atoms with Gasteiger partial charge in [0.05, 0.1) is 29.3 Å². The van der Waals surface area contributed by atoms with E-state index < -0.39 is 0 Å². The Morgan fingerprint density at radius 2 is 1.92 bits per heavy atom. The number of fused-ring (bicyclic) bond motifs is 1. The summed E-state index contributed by atoms with van der Waals surface area (Å²) in [6, 6.07) is 18.8. The van der Waals surface area contributed by atoms with Crippen LogP contribution in [0.25, 0.3) is 22.2 Å². The van der Waals surface area contributed by atoms with Gasteiger partial charge in [-0.3, -0.25) is 4.79 Å². The van der Waals surface area contributed by atoms with Gasteiger partial charge in [0.2, 0.25) is 0 Å². The van der Waals surface area contributed by atoms with Crippen molar-refractivity contribution in [2.24, 2.45) is 0 Å². The molecule has 0 fully saturated rings. The van der Waals surface area contributed by atoms with E-state index in [0.29, 0.717) is 29.2 Å². The SMILES string of the molecule is CN(CCC#N)C(=O)c1cc(-c2ccc(Cl)cc2)nc2ccccc12. The second-order valence-electron chi connectivity index (χ2n) is 5.71. The van der Waals surface area contributed by atoms with E-state index in [1.807, 2.05) is 36.4 Å². The highest BCUT2D eigenvalue weighted by Crippen LogP contribution is 2.26. The van der Waals surface area contributed by atoms with E-state index in [9.17, 15) is 4.79 Å². The molecule has 2 aromatic carbocycles. The zero-order valence-corrected chi connectivity index (χ0v) is 14.5. The molecule has 0 radical (unpaired) electrons. The second-order valence-corrected chi connectivity index (χ2v) is 6.15. The molecule has 3 aromatic rings. The van der Waals surface area contributed by atoms with Gasteiger partial charge in [0.1, 0.15) is 0 Å². The molecule has 0 aliphatic rings. The fourth-order valence-corrected chi connectivity index (χ4v) is 2.77. The lowest BCUT2D eigenvalue weighted by Crippen LogP contribution is -2.27. The number of benzene rings is 2. The molecule has 124 valence electrons. The van der Waals surface area contributed by atoms with Gasteiger partial charge in [0.25, 0.3) is 5.91 Å². The molecule has 5 heteroatoms. The zero-order chi connectivity index (χ0) is 17.8. The largest absolute Gasteiger partial charge is 0.341 e. The van der Waals surface area contributed by atoms with Crippen LogP contribution >= 0.6 is 11.6 Å². The first kappa shape index (κ1) is 16.9. The van der Waals surface area contributed by atoms with Crippen LogP contribution in [0.5, 0.6) is 0 Å². The lowest BCUT2D eigenvalue weighted by atomic mass is 10.0. The van der Waals surface area contributed by atoms with E-state index in [0.717, 1.165) is 16.5 Å². The van der Waals surface area contributed by atoms with Crippen molar-refractivity contribution in [3.8, 4) is 17.3 Å². The molecular weight excluding hydrogens is 334 g/mol. The summed E-state index contributed by atoms with van der Waals surface area (Å²) in [7, 11) is 1.71. The number of amides is 1. The highest BCUT2D eigenvalue weighted by molar-refractivity contribution is 6.30. The van der Waals surface area contributed by atoms with Crippen LogP contribution in [0.4, 0.5) is 0 Å². The van der Waals surface area contributed by atoms with Crippen LogP contribution in [0.15, 0.2) is 54.6 Å². The van der Waals surface area contributed by atoms with Gasteiger partial charge < -0.3 is 4.90 Å². The summed E-state index contributed by atoms with van der Waals surface area (Å²) >= 11 is 5.96. The van der Waals surface area contributed by atoms with Crippen LogP contribution in [0.3, 0.4) is 0 Å². The first-order valence-electron chi connectivity index (χ1n) is 7.88. The predicted octanol–water partition coefficient (Wildman–Crippen LogP) is 4.54. The zero-order valence-electron chi connectivity index (χ0n) is 13.7. The molecular formula is C20H16ClN3O. The molecule has 0 spiro atoms. The van der Waals surface area contributed by atoms with Crippen molar-refractivity contribution in [2.45, 2.75) is 6.42 Å². The Kier molecular flexibility index (Phi) is 4.97. The highest BCUT2D eigenvalue weighted by atomic mass is 35.5. The number of halogens is 1. The monoisotopic (exact) mass is 349 g/mol. The third-order valence-corrected chi connectivity index (χ3v) is 4.24. The Morgan fingerprint density at radius 1 is 1.20 bits per heavy atom. The minimum atomic E-state index is -0.121. The molecule has 0 atom stereocenters. The van der Waals surface area contributed by atoms with Gasteiger partial charge in [-0.1, -0.05) is 41.9 Å². The first-order chi connectivity index (χ1) is 12.1. The predicted molar refractivity (Wildman–Crippen MR) is 99.4 cm³/mol. The van der Waals surface area contributed by atoms with Crippen LogP contribution in [0.2, 0.25) is 5.02 Å². The number of aromatic nitrogens is 1. The molecule has 4 nitrogen and oxygen atoms in total. The summed E-state index contributed by atoms with van der Waals surface area (Å²) in [5, 5.41) is 10.2. The third-order valence-electron chi connectivity index (χ3n) is 3.99. The first-order valence-corrected chi connectivity index (χ1v) is 8.26. The van der Waals surface area contributed by atoms with Gasteiger partial charge in [-0.05, 0) is 24.3 Å². The van der Waals surface area contributed by atoms with Gasteiger partial charge >= 0.3 is 0 Å². The molecule has 1 aromatic heterocycles. The van der Waals surface area contributed by atoms with Crippen molar-refractivity contribution >= 4 is 28.4 Å². The van der Waals surface area contributed by atoms with Crippen LogP contribution in [0.1, 0.15) is 16.8 Å². The average Bonchev–Trinajstić information content (AvgIpc) is 2.65. The summed E-state index contributed by atoms with van der Waals surface area (Å²) in [6.45, 7) is 0.391. The molecule has 0 unspecified atom stereocenters. The van der Waals surface area contributed by atoms with E-state index in [1.54, 1.807) is 30.1 Å². The number of carbonyl (C=O) groups is 1. The van der Waals surface area contributed by atoms with E-state index in [-0.39, 0.29) is 5.91 Å². The van der Waals surface area contributed by atoms with Crippen molar-refractivity contribution in [1.29, 1.82) is 5.26 Å². The number of nitrogens with zero attached hydrogens (tertiary/aromatic N) is 3. The van der Waals surface area contributed by atoms with Gasteiger partial charge in [-0.15, -0.1) is 0 Å². The van der Waals surface area contributed by atoms with Crippen molar-refractivity contribution in [1.82, 2.24) is 9.88 Å². The number of hydrogen-bond acceptors (Lipinski definition) is 3. The van der Waals surface area contributed by atoms with Crippen LogP contribution < -0.4 is 0 Å². The van der Waals surface area contributed by atoms with Gasteiger partial charge in [-0.25, -0.2) is 4.98 Å². The van der Waals surface area contributed by atoms with Gasteiger partial charge in [0, 0.05) is 29.6 Å². The number of rotatable bonds is 4. The molecule has 0 N–H and O–H groups in total. The Morgan fingerprint density at radius 3 is 2.64 bits per heavy atom. The number of para-hydroxylation sites is 1. The van der Waals surface area contributed by atoms with Crippen molar-refractivity contribution in [3.63, 3.8) is 0 Å². The summed E-state index contributed by atoms with van der Waals surface area (Å²) in [6.07, 6.45) is 0.301. The Balaban J connectivity index is 2.11. The summed E-state index contributed by atoms with van der Waals surface area (Å²) in [5.74, 6) is -0.121. The smallest absolute Gasteiger partial charge is 0.254 e. The highest BCUT2D eigenvalue weighted by Gasteiger charge is 2.17. The van der Waals surface area contributed by atoms with Crippen molar-refractivity contribution < 1.29 is 4.79 Å². The maximum atomic E-state index is 12.9. The molecule has 0 saturated heterocycles. The number of nitriles is 1. The summed E-state index contributed by atoms with van der Waals surface area (Å²) < 4.78 is 0. The molecule has 1 heterocycles. The maximum absolute atomic E-state index is 12.9. The quantitative estimate of drug-likeness (QED) is 0.694. The standard InChI is InChI=1S/C20H16ClN3O/c1-24(12-4-11-22)20(25)17-13-19(14-7-9-15(21)10-8-14)23-18-6-3-2-5-16(17)18/h2-3,5-10,13H,4,12H2,1H3. The van der Waals surface area contributed by atoms with E-state index in [2.05, 4.69) is 11.1 Å². The van der Waals surface area contributed by atoms with Crippen molar-refractivity contribution in [3.05, 3.63) is 65.2 Å². The fraction of sp³-hybridized carbons (Fsp3) is 0.150. The van der Waals surface area contributed by atoms with Crippen LogP contribution in [-0.4, -0.2) is 29.4 Å². The van der Waals surface area contributed by atoms with Crippen molar-refractivity contribution in [2.75, 3.05) is 13.6 Å². The minimum absolute atomic E-state index is 0.121. The van der Waals surface area contributed by atoms with Crippen LogP contribution in [0, 0.1) is 11.3 Å². The van der Waals surface area contributed by atoms with Crippen LogP contribution in [-0.2, 0) is 0 Å². The Hall–Kier alpha value is -2.90.